The van der Waals surface area contributed by atoms with E-state index in [-0.39, 0.29) is 0 Å². The van der Waals surface area contributed by atoms with E-state index in [4.69, 9.17) is 0 Å². The minimum Gasteiger partial charge on any atom is -0.478 e. The number of rotatable bonds is 2. The number of aryl methyl sites for hydroxylation is 2. The summed E-state index contributed by atoms with van der Waals surface area (Å²) in [4.78, 5) is 15.7. The lowest BCUT2D eigenvalue weighted by Gasteiger charge is -2.10. The molecule has 0 aliphatic heterocycles. The first kappa shape index (κ1) is 15.9. The molecule has 0 unspecified atom stereocenters. The number of nitrogens with zero attached hydrogens (tertiary/aromatic N) is 1. The number of pyridine rings is 1. The summed E-state index contributed by atoms with van der Waals surface area (Å²) in [5.41, 5.74) is 4.58. The third-order valence-corrected chi connectivity index (χ3v) is 2.92. The fourth-order valence-corrected chi connectivity index (χ4v) is 2.03. The van der Waals surface area contributed by atoms with Crippen molar-refractivity contribution < 1.29 is 9.90 Å². The molecule has 0 bridgehead atoms. The van der Waals surface area contributed by atoms with Crippen LogP contribution in [0.25, 0.3) is 11.3 Å². The quantitative estimate of drug-likeness (QED) is 0.880. The van der Waals surface area contributed by atoms with Gasteiger partial charge in [0.1, 0.15) is 0 Å². The SMILES string of the molecule is CC.Cc1cccc(-c2nc(C)cc(C(=O)O)c2C)c1. The maximum atomic E-state index is 11.2. The number of carboxylic acid groups (broad SMARTS) is 1. The summed E-state index contributed by atoms with van der Waals surface area (Å²) in [6.45, 7) is 9.62. The highest BCUT2D eigenvalue weighted by atomic mass is 16.4. The molecule has 1 heterocycles. The normalized spacial score (nSPS) is 9.65. The molecule has 3 heteroatoms. The largest absolute Gasteiger partial charge is 0.478 e. The molecule has 0 saturated carbocycles. The highest BCUT2D eigenvalue weighted by Gasteiger charge is 2.14. The molecule has 0 atom stereocenters. The van der Waals surface area contributed by atoms with E-state index in [1.807, 2.05) is 52.0 Å². The number of carboxylic acids is 1. The van der Waals surface area contributed by atoms with Crippen LogP contribution in [0, 0.1) is 20.8 Å². The molecule has 1 N–H and O–H groups in total. The van der Waals surface area contributed by atoms with Gasteiger partial charge < -0.3 is 5.11 Å². The van der Waals surface area contributed by atoms with Crippen molar-refractivity contribution in [1.82, 2.24) is 4.98 Å². The van der Waals surface area contributed by atoms with E-state index in [1.165, 1.54) is 0 Å². The Morgan fingerprint density at radius 1 is 1.10 bits per heavy atom. The van der Waals surface area contributed by atoms with E-state index in [1.54, 1.807) is 13.0 Å². The van der Waals surface area contributed by atoms with E-state index in [9.17, 15) is 9.90 Å². The monoisotopic (exact) mass is 271 g/mol. The lowest BCUT2D eigenvalue weighted by molar-refractivity contribution is 0.0696. The highest BCUT2D eigenvalue weighted by molar-refractivity contribution is 5.91. The third-order valence-electron chi connectivity index (χ3n) is 2.92. The van der Waals surface area contributed by atoms with Crippen LogP contribution < -0.4 is 0 Å². The van der Waals surface area contributed by atoms with Crippen molar-refractivity contribution in [2.45, 2.75) is 34.6 Å². The van der Waals surface area contributed by atoms with E-state index < -0.39 is 5.97 Å². The number of hydrogen-bond donors (Lipinski definition) is 1. The number of hydrogen-bond acceptors (Lipinski definition) is 2. The Kier molecular flexibility index (Phi) is 5.44. The fourth-order valence-electron chi connectivity index (χ4n) is 2.03. The Labute approximate surface area is 120 Å². The minimum atomic E-state index is -0.910. The Balaban J connectivity index is 0.000000956. The summed E-state index contributed by atoms with van der Waals surface area (Å²) in [6, 6.07) is 9.53. The van der Waals surface area contributed by atoms with Gasteiger partial charge in [-0.3, -0.25) is 4.98 Å². The predicted octanol–water partition coefficient (Wildman–Crippen LogP) is 4.40. The second kappa shape index (κ2) is 6.85. The Morgan fingerprint density at radius 3 is 2.30 bits per heavy atom. The summed E-state index contributed by atoms with van der Waals surface area (Å²) >= 11 is 0. The molecule has 1 aromatic carbocycles. The van der Waals surface area contributed by atoms with Gasteiger partial charge in [-0.15, -0.1) is 0 Å². The molecule has 2 rings (SSSR count). The second-order valence-electron chi connectivity index (χ2n) is 4.46. The maximum Gasteiger partial charge on any atom is 0.336 e. The van der Waals surface area contributed by atoms with Gasteiger partial charge >= 0.3 is 5.97 Å². The molecule has 0 radical (unpaired) electrons. The number of aromatic nitrogens is 1. The zero-order valence-electron chi connectivity index (χ0n) is 12.7. The van der Waals surface area contributed by atoms with E-state index in [2.05, 4.69) is 4.98 Å². The topological polar surface area (TPSA) is 50.2 Å². The minimum absolute atomic E-state index is 0.319. The average molecular weight is 271 g/mol. The third kappa shape index (κ3) is 3.44. The van der Waals surface area contributed by atoms with Crippen molar-refractivity contribution in [2.24, 2.45) is 0 Å². The van der Waals surface area contributed by atoms with Crippen LogP contribution in [0.5, 0.6) is 0 Å². The maximum absolute atomic E-state index is 11.2. The zero-order valence-corrected chi connectivity index (χ0v) is 12.7. The van der Waals surface area contributed by atoms with Gasteiger partial charge in [0.15, 0.2) is 0 Å². The van der Waals surface area contributed by atoms with Crippen LogP contribution in [0.3, 0.4) is 0 Å². The van der Waals surface area contributed by atoms with Gasteiger partial charge in [0, 0.05) is 11.3 Å². The molecular formula is C17H21NO2. The van der Waals surface area contributed by atoms with Crippen molar-refractivity contribution in [3.63, 3.8) is 0 Å². The first-order valence-electron chi connectivity index (χ1n) is 6.77. The molecule has 0 aliphatic carbocycles. The van der Waals surface area contributed by atoms with Gasteiger partial charge in [-0.1, -0.05) is 37.6 Å². The molecule has 0 amide bonds. The number of aromatic carboxylic acids is 1. The lowest BCUT2D eigenvalue weighted by atomic mass is 10.00. The smallest absolute Gasteiger partial charge is 0.336 e. The molecule has 106 valence electrons. The van der Waals surface area contributed by atoms with Crippen molar-refractivity contribution in [3.8, 4) is 11.3 Å². The number of benzene rings is 1. The van der Waals surface area contributed by atoms with Crippen LogP contribution in [-0.4, -0.2) is 16.1 Å². The second-order valence-corrected chi connectivity index (χ2v) is 4.46. The first-order valence-corrected chi connectivity index (χ1v) is 6.77. The van der Waals surface area contributed by atoms with Crippen LogP contribution in [0.4, 0.5) is 0 Å². The van der Waals surface area contributed by atoms with Crippen LogP contribution >= 0.6 is 0 Å². The van der Waals surface area contributed by atoms with Gasteiger partial charge in [0.2, 0.25) is 0 Å². The van der Waals surface area contributed by atoms with Gasteiger partial charge in [0.25, 0.3) is 0 Å². The lowest BCUT2D eigenvalue weighted by Crippen LogP contribution is -2.04. The van der Waals surface area contributed by atoms with E-state index in [0.717, 1.165) is 22.5 Å². The summed E-state index contributed by atoms with van der Waals surface area (Å²) < 4.78 is 0. The molecule has 0 saturated heterocycles. The molecule has 1 aromatic heterocycles. The van der Waals surface area contributed by atoms with Crippen molar-refractivity contribution >= 4 is 5.97 Å². The van der Waals surface area contributed by atoms with Gasteiger partial charge in [-0.25, -0.2) is 4.79 Å². The summed E-state index contributed by atoms with van der Waals surface area (Å²) in [5.74, 6) is -0.910. The summed E-state index contributed by atoms with van der Waals surface area (Å²) in [5, 5.41) is 9.19. The number of carbonyl (C=O) groups is 1. The fraction of sp³-hybridized carbons (Fsp3) is 0.294. The molecule has 0 spiro atoms. The summed E-state index contributed by atoms with van der Waals surface area (Å²) in [7, 11) is 0. The molecule has 0 aliphatic rings. The predicted molar refractivity (Wildman–Crippen MR) is 82.2 cm³/mol. The Bertz CT molecular complexity index is 618. The standard InChI is InChI=1S/C15H15NO2.C2H6/c1-9-5-4-6-12(7-9)14-11(3)13(15(17)18)8-10(2)16-14;1-2/h4-8H,1-3H3,(H,17,18);1-2H3. The van der Waals surface area contributed by atoms with Crippen LogP contribution in [0.1, 0.15) is 41.0 Å². The zero-order chi connectivity index (χ0) is 15.3. The Hall–Kier alpha value is -2.16. The van der Waals surface area contributed by atoms with Crippen LogP contribution in [0.15, 0.2) is 30.3 Å². The molecule has 0 fully saturated rings. The van der Waals surface area contributed by atoms with Gasteiger partial charge in [-0.2, -0.15) is 0 Å². The molecule has 3 nitrogen and oxygen atoms in total. The molecular weight excluding hydrogens is 250 g/mol. The van der Waals surface area contributed by atoms with Gasteiger partial charge in [0.05, 0.1) is 11.3 Å². The molecule has 20 heavy (non-hydrogen) atoms. The van der Waals surface area contributed by atoms with Crippen LogP contribution in [-0.2, 0) is 0 Å². The van der Waals surface area contributed by atoms with E-state index in [0.29, 0.717) is 11.1 Å². The highest BCUT2D eigenvalue weighted by Crippen LogP contribution is 2.25. The van der Waals surface area contributed by atoms with Gasteiger partial charge in [-0.05, 0) is 38.5 Å². The van der Waals surface area contributed by atoms with Crippen molar-refractivity contribution in [3.05, 3.63) is 52.7 Å². The Morgan fingerprint density at radius 2 is 1.75 bits per heavy atom. The first-order chi connectivity index (χ1) is 9.49. The van der Waals surface area contributed by atoms with Crippen molar-refractivity contribution in [2.75, 3.05) is 0 Å². The summed E-state index contributed by atoms with van der Waals surface area (Å²) in [6.07, 6.45) is 0. The molecule has 2 aromatic rings. The van der Waals surface area contributed by atoms with E-state index >= 15 is 0 Å². The van der Waals surface area contributed by atoms with Crippen molar-refractivity contribution in [1.29, 1.82) is 0 Å². The average Bonchev–Trinajstić information content (AvgIpc) is 2.43. The van der Waals surface area contributed by atoms with Crippen LogP contribution in [0.2, 0.25) is 0 Å².